The van der Waals surface area contributed by atoms with E-state index < -0.39 is 12.3 Å². The first-order chi connectivity index (χ1) is 17.6. The second kappa shape index (κ2) is 12.3. The summed E-state index contributed by atoms with van der Waals surface area (Å²) in [4.78, 5) is 18.4. The van der Waals surface area contributed by atoms with Crippen LogP contribution in [0.4, 0.5) is 5.69 Å². The molecule has 2 aliphatic heterocycles. The van der Waals surface area contributed by atoms with Crippen molar-refractivity contribution in [3.63, 3.8) is 0 Å². The van der Waals surface area contributed by atoms with E-state index in [9.17, 15) is 4.79 Å². The van der Waals surface area contributed by atoms with Gasteiger partial charge in [-0.1, -0.05) is 18.2 Å². The minimum atomic E-state index is -1.03. The van der Waals surface area contributed by atoms with E-state index in [2.05, 4.69) is 85.5 Å². The van der Waals surface area contributed by atoms with Gasteiger partial charge in [-0.25, -0.2) is 0 Å². The summed E-state index contributed by atoms with van der Waals surface area (Å²) in [5.41, 5.74) is 3.81. The zero-order chi connectivity index (χ0) is 24.9. The number of nitrogens with zero attached hydrogens (tertiary/aromatic N) is 4. The molecule has 190 valence electrons. The van der Waals surface area contributed by atoms with Gasteiger partial charge in [-0.05, 0) is 0 Å². The van der Waals surface area contributed by atoms with Gasteiger partial charge in [-0.3, -0.25) is 0 Å². The molecule has 3 heterocycles. The molecule has 5 nitrogen and oxygen atoms in total. The summed E-state index contributed by atoms with van der Waals surface area (Å²) in [5, 5.41) is 4.67. The summed E-state index contributed by atoms with van der Waals surface area (Å²) in [6, 6.07) is 21.3. The second-order valence-electron chi connectivity index (χ2n) is 9.54. The zero-order valence-electron chi connectivity index (χ0n) is 21.2. The molecule has 0 N–H and O–H groups in total. The van der Waals surface area contributed by atoms with Crippen LogP contribution in [0.15, 0.2) is 60.7 Å². The van der Waals surface area contributed by atoms with E-state index in [0.29, 0.717) is 11.6 Å². The van der Waals surface area contributed by atoms with Crippen LogP contribution in [0.3, 0.4) is 0 Å². The van der Waals surface area contributed by atoms with Gasteiger partial charge in [0.15, 0.2) is 0 Å². The number of rotatable bonds is 8. The molecule has 2 fully saturated rings. The molecule has 0 unspecified atom stereocenters. The Balaban J connectivity index is 1.38. The Labute approximate surface area is 226 Å². The molecular formula is C28H35AsN4OS2. The molecule has 0 bridgehead atoms. The number of anilines is 1. The van der Waals surface area contributed by atoms with Crippen molar-refractivity contribution in [2.75, 3.05) is 42.6 Å². The fourth-order valence-electron chi connectivity index (χ4n) is 4.95. The van der Waals surface area contributed by atoms with Crippen LogP contribution in [-0.2, 0) is 13.5 Å². The average Bonchev–Trinajstić information content (AvgIpc) is 3.59. The summed E-state index contributed by atoms with van der Waals surface area (Å²) in [6.07, 6.45) is 3.04. The number of benzene rings is 2. The first kappa shape index (κ1) is 26.0. The molecule has 0 aliphatic carbocycles. The molecule has 2 aromatic carbocycles. The van der Waals surface area contributed by atoms with Crippen molar-refractivity contribution in [1.82, 2.24) is 14.7 Å². The normalized spacial score (nSPS) is 17.5. The Hall–Kier alpha value is -1.66. The monoisotopic (exact) mass is 582 g/mol. The van der Waals surface area contributed by atoms with Gasteiger partial charge in [0.05, 0.1) is 0 Å². The predicted octanol–water partition coefficient (Wildman–Crippen LogP) is 4.56. The molecule has 0 saturated carbocycles. The van der Waals surface area contributed by atoms with Crippen LogP contribution < -0.4 is 9.25 Å². The van der Waals surface area contributed by atoms with Crippen molar-refractivity contribution in [2.45, 2.75) is 26.2 Å². The van der Waals surface area contributed by atoms with Crippen LogP contribution in [0.2, 0.25) is 0 Å². The van der Waals surface area contributed by atoms with E-state index in [-0.39, 0.29) is 5.91 Å². The molecule has 2 aliphatic rings. The van der Waals surface area contributed by atoms with E-state index in [4.69, 9.17) is 0 Å². The number of aromatic nitrogens is 2. The van der Waals surface area contributed by atoms with Crippen LogP contribution >= 0.6 is 20.0 Å². The maximum atomic E-state index is 13.9. The van der Waals surface area contributed by atoms with Crippen molar-refractivity contribution in [2.24, 2.45) is 13.0 Å². The molecule has 3 aromatic rings. The fraction of sp³-hybridized carbons (Fsp3) is 0.429. The second-order valence-corrected chi connectivity index (χ2v) is 21.3. The first-order valence-electron chi connectivity index (χ1n) is 12.9. The van der Waals surface area contributed by atoms with Gasteiger partial charge in [0, 0.05) is 0 Å². The molecule has 1 amide bonds. The summed E-state index contributed by atoms with van der Waals surface area (Å²) in [7, 11) is 6.26. The van der Waals surface area contributed by atoms with Crippen LogP contribution in [0.25, 0.3) is 0 Å². The molecule has 0 radical (unpaired) electrons. The van der Waals surface area contributed by atoms with E-state index in [0.717, 1.165) is 56.8 Å². The van der Waals surface area contributed by atoms with Crippen LogP contribution in [0.1, 0.15) is 41.5 Å². The molecule has 1 aromatic heterocycles. The van der Waals surface area contributed by atoms with Gasteiger partial charge in [-0.15, -0.1) is 0 Å². The van der Waals surface area contributed by atoms with Gasteiger partial charge in [0.25, 0.3) is 0 Å². The summed E-state index contributed by atoms with van der Waals surface area (Å²) >= 11 is -1.03. The predicted molar refractivity (Wildman–Crippen MR) is 156 cm³/mol. The Morgan fingerprint density at radius 3 is 2.42 bits per heavy atom. The SMILES string of the molecule is CCN1CCC(CN(C(=O)c2cc(Cc3ccccc3)n(C)n2)c2ccc([As]3SCCS3)cc2)CC1. The van der Waals surface area contributed by atoms with Gasteiger partial charge < -0.3 is 0 Å². The van der Waals surface area contributed by atoms with Crippen molar-refractivity contribution in [3.8, 4) is 0 Å². The van der Waals surface area contributed by atoms with Crippen molar-refractivity contribution >= 4 is 48.3 Å². The third kappa shape index (κ3) is 6.24. The number of amides is 1. The zero-order valence-corrected chi connectivity index (χ0v) is 24.7. The van der Waals surface area contributed by atoms with Crippen LogP contribution in [0.5, 0.6) is 0 Å². The minimum absolute atomic E-state index is 0.0121. The van der Waals surface area contributed by atoms with E-state index in [1.165, 1.54) is 21.4 Å². The summed E-state index contributed by atoms with van der Waals surface area (Å²) < 4.78 is 3.35. The molecular weight excluding hydrogens is 547 g/mol. The number of likely N-dealkylation sites (tertiary alicyclic amines) is 1. The number of aryl methyl sites for hydroxylation is 1. The van der Waals surface area contributed by atoms with Gasteiger partial charge in [0.2, 0.25) is 0 Å². The first-order valence-corrected chi connectivity index (χ1v) is 20.3. The molecule has 36 heavy (non-hydrogen) atoms. The quantitative estimate of drug-likeness (QED) is 0.365. The average molecular weight is 583 g/mol. The van der Waals surface area contributed by atoms with Gasteiger partial charge in [0.1, 0.15) is 0 Å². The van der Waals surface area contributed by atoms with Crippen LogP contribution in [0, 0.1) is 5.92 Å². The number of hydrogen-bond acceptors (Lipinski definition) is 5. The number of piperidine rings is 1. The van der Waals surface area contributed by atoms with Crippen molar-refractivity contribution in [3.05, 3.63) is 77.6 Å². The van der Waals surface area contributed by atoms with Gasteiger partial charge >= 0.3 is 209 Å². The molecule has 5 rings (SSSR count). The summed E-state index contributed by atoms with van der Waals surface area (Å²) in [5.74, 6) is 3.08. The van der Waals surface area contributed by atoms with E-state index >= 15 is 0 Å². The topological polar surface area (TPSA) is 41.4 Å². The van der Waals surface area contributed by atoms with Crippen molar-refractivity contribution in [1.29, 1.82) is 0 Å². The Bertz CT molecular complexity index is 1140. The number of hydrogen-bond donors (Lipinski definition) is 0. The molecule has 8 heteroatoms. The van der Waals surface area contributed by atoms with E-state index in [1.807, 2.05) is 28.8 Å². The van der Waals surface area contributed by atoms with Crippen molar-refractivity contribution < 1.29 is 4.79 Å². The maximum absolute atomic E-state index is 13.9. The Kier molecular flexibility index (Phi) is 8.84. The van der Waals surface area contributed by atoms with Crippen LogP contribution in [-0.4, -0.2) is 70.6 Å². The molecule has 0 atom stereocenters. The summed E-state index contributed by atoms with van der Waals surface area (Å²) in [6.45, 7) is 6.33. The standard InChI is InChI=1S/C28H35AsN4OS2/c1-3-32-15-13-23(14-16-32)21-33(25-11-9-24(10-12-25)29-35-17-18-36-29)28(34)27-20-26(31(2)30-27)19-22-7-5-4-6-8-22/h4-12,20,23H,3,13-19,21H2,1-2H3. The number of carbonyl (C=O) groups excluding carboxylic acids is 1. The Morgan fingerprint density at radius 1 is 1.06 bits per heavy atom. The third-order valence-electron chi connectivity index (χ3n) is 7.14. The molecule has 0 spiro atoms. The van der Waals surface area contributed by atoms with Gasteiger partial charge in [-0.2, -0.15) is 0 Å². The van der Waals surface area contributed by atoms with E-state index in [1.54, 1.807) is 0 Å². The number of carbonyl (C=O) groups is 1. The Morgan fingerprint density at radius 2 is 1.75 bits per heavy atom. The third-order valence-corrected chi connectivity index (χ3v) is 20.9. The molecule has 2 saturated heterocycles. The fourth-order valence-corrected chi connectivity index (χ4v) is 19.1.